The van der Waals surface area contributed by atoms with Crippen molar-refractivity contribution in [1.29, 1.82) is 0 Å². The number of nitrogens with zero attached hydrogens (tertiary/aromatic N) is 2. The van der Waals surface area contributed by atoms with Crippen LogP contribution in [-0.4, -0.2) is 23.7 Å². The van der Waals surface area contributed by atoms with Crippen LogP contribution in [0.15, 0.2) is 40.6 Å². The van der Waals surface area contributed by atoms with E-state index in [1.165, 1.54) is 9.77 Å². The normalized spacial score (nSPS) is 11.1. The highest BCUT2D eigenvalue weighted by Crippen LogP contribution is 2.32. The minimum absolute atomic E-state index is 0.183. The van der Waals surface area contributed by atoms with Gasteiger partial charge in [0.1, 0.15) is 0 Å². The summed E-state index contributed by atoms with van der Waals surface area (Å²) in [6.45, 7) is 2.81. The minimum atomic E-state index is 0.183. The average molecular weight is 391 g/mol. The molecular formula is C19H22N2OS3. The summed E-state index contributed by atoms with van der Waals surface area (Å²) in [5.41, 5.74) is 0.974. The van der Waals surface area contributed by atoms with Gasteiger partial charge in [0, 0.05) is 22.7 Å². The van der Waals surface area contributed by atoms with E-state index in [9.17, 15) is 4.79 Å². The molecule has 132 valence electrons. The predicted molar refractivity (Wildman–Crippen MR) is 111 cm³/mol. The Kier molecular flexibility index (Phi) is 6.51. The summed E-state index contributed by atoms with van der Waals surface area (Å²) in [6.07, 6.45) is 5.50. The number of thioether (sulfide) groups is 1. The van der Waals surface area contributed by atoms with E-state index in [2.05, 4.69) is 48.9 Å². The van der Waals surface area contributed by atoms with Crippen molar-refractivity contribution in [3.05, 3.63) is 40.6 Å². The molecule has 2 aromatic heterocycles. The fourth-order valence-electron chi connectivity index (χ4n) is 2.60. The van der Waals surface area contributed by atoms with E-state index in [1.54, 1.807) is 34.4 Å². The molecule has 3 aromatic rings. The molecule has 3 nitrogen and oxygen atoms in total. The van der Waals surface area contributed by atoms with Crippen molar-refractivity contribution in [3.8, 4) is 0 Å². The molecule has 3 rings (SSSR count). The largest absolute Gasteiger partial charge is 0.288 e. The number of thiophene rings is 1. The van der Waals surface area contributed by atoms with Crippen LogP contribution in [0, 0.1) is 0 Å². The van der Waals surface area contributed by atoms with E-state index in [-0.39, 0.29) is 5.91 Å². The van der Waals surface area contributed by atoms with Crippen LogP contribution in [0.25, 0.3) is 10.2 Å². The van der Waals surface area contributed by atoms with Crippen molar-refractivity contribution in [1.82, 2.24) is 4.98 Å². The highest BCUT2D eigenvalue weighted by molar-refractivity contribution is 7.98. The number of hydrogen-bond donors (Lipinski definition) is 0. The maximum atomic E-state index is 12.8. The van der Waals surface area contributed by atoms with Crippen molar-refractivity contribution >= 4 is 55.7 Å². The second-order valence-electron chi connectivity index (χ2n) is 5.81. The van der Waals surface area contributed by atoms with E-state index in [1.807, 2.05) is 4.90 Å². The number of carbonyl (C=O) groups is 1. The zero-order valence-electron chi connectivity index (χ0n) is 14.5. The van der Waals surface area contributed by atoms with Gasteiger partial charge in [-0.2, -0.15) is 0 Å². The highest BCUT2D eigenvalue weighted by Gasteiger charge is 2.19. The van der Waals surface area contributed by atoms with Crippen LogP contribution in [-0.2, 0) is 11.2 Å². The Balaban J connectivity index is 1.85. The van der Waals surface area contributed by atoms with E-state index in [4.69, 9.17) is 4.98 Å². The first-order valence-electron chi connectivity index (χ1n) is 8.48. The van der Waals surface area contributed by atoms with E-state index in [0.29, 0.717) is 13.0 Å². The van der Waals surface area contributed by atoms with E-state index < -0.39 is 0 Å². The average Bonchev–Trinajstić information content (AvgIpc) is 3.28. The summed E-state index contributed by atoms with van der Waals surface area (Å²) in [5.74, 6) is 0.183. The quantitative estimate of drug-likeness (QED) is 0.453. The Hall–Kier alpha value is -1.37. The number of anilines is 1. The summed E-state index contributed by atoms with van der Waals surface area (Å²) in [6, 6.07) is 10.5. The maximum Gasteiger partial charge on any atom is 0.228 e. The van der Waals surface area contributed by atoms with Crippen molar-refractivity contribution in [2.45, 2.75) is 37.5 Å². The molecule has 0 unspecified atom stereocenters. The number of hydrogen-bond acceptors (Lipinski definition) is 5. The van der Waals surface area contributed by atoms with Crippen LogP contribution >= 0.6 is 34.4 Å². The number of aromatic nitrogens is 1. The molecule has 6 heteroatoms. The van der Waals surface area contributed by atoms with Crippen LogP contribution in [0.5, 0.6) is 0 Å². The first-order chi connectivity index (χ1) is 12.2. The third-order valence-electron chi connectivity index (χ3n) is 4.02. The lowest BCUT2D eigenvalue weighted by atomic mass is 10.2. The van der Waals surface area contributed by atoms with Gasteiger partial charge in [0.15, 0.2) is 5.13 Å². The van der Waals surface area contributed by atoms with Crippen LogP contribution in [0.1, 0.15) is 31.1 Å². The molecule has 1 amide bonds. The van der Waals surface area contributed by atoms with Gasteiger partial charge in [-0.25, -0.2) is 4.98 Å². The zero-order valence-corrected chi connectivity index (χ0v) is 17.0. The van der Waals surface area contributed by atoms with Gasteiger partial charge in [-0.15, -0.1) is 23.1 Å². The second-order valence-corrected chi connectivity index (χ2v) is 8.73. The second kappa shape index (κ2) is 8.83. The molecule has 0 saturated heterocycles. The maximum absolute atomic E-state index is 12.8. The number of rotatable bonds is 8. The molecule has 0 aliphatic carbocycles. The lowest BCUT2D eigenvalue weighted by Crippen LogP contribution is -2.32. The molecule has 2 heterocycles. The summed E-state index contributed by atoms with van der Waals surface area (Å²) >= 11 is 5.09. The predicted octanol–water partition coefficient (Wildman–Crippen LogP) is 5.85. The van der Waals surface area contributed by atoms with Gasteiger partial charge in [0.05, 0.1) is 10.2 Å². The summed E-state index contributed by atoms with van der Waals surface area (Å²) in [4.78, 5) is 21.9. The summed E-state index contributed by atoms with van der Waals surface area (Å²) in [5, 5.41) is 2.91. The Morgan fingerprint density at radius 2 is 2.20 bits per heavy atom. The topological polar surface area (TPSA) is 33.2 Å². The third kappa shape index (κ3) is 4.63. The van der Waals surface area contributed by atoms with E-state index in [0.717, 1.165) is 34.6 Å². The van der Waals surface area contributed by atoms with Crippen LogP contribution in [0.3, 0.4) is 0 Å². The molecule has 0 aliphatic rings. The number of carbonyl (C=O) groups excluding carboxylic acids is 1. The van der Waals surface area contributed by atoms with Crippen molar-refractivity contribution < 1.29 is 4.79 Å². The van der Waals surface area contributed by atoms with Gasteiger partial charge in [0.25, 0.3) is 0 Å². The highest BCUT2D eigenvalue weighted by atomic mass is 32.2. The van der Waals surface area contributed by atoms with E-state index >= 15 is 0 Å². The van der Waals surface area contributed by atoms with Gasteiger partial charge < -0.3 is 0 Å². The molecule has 0 radical (unpaired) electrons. The Bertz CT molecular complexity index is 826. The number of unbranched alkanes of at least 4 members (excludes halogenated alkanes) is 1. The van der Waals surface area contributed by atoms with Gasteiger partial charge >= 0.3 is 0 Å². The number of fused-ring (bicyclic) bond motifs is 1. The Morgan fingerprint density at radius 1 is 1.32 bits per heavy atom. The molecule has 25 heavy (non-hydrogen) atoms. The molecule has 0 fully saturated rings. The molecule has 0 spiro atoms. The summed E-state index contributed by atoms with van der Waals surface area (Å²) < 4.78 is 1.14. The minimum Gasteiger partial charge on any atom is -0.288 e. The third-order valence-corrected chi connectivity index (χ3v) is 6.73. The summed E-state index contributed by atoms with van der Waals surface area (Å²) in [7, 11) is 0. The standard InChI is InChI=1S/C19H22N2OS3/c1-3-4-7-18(22)21(11-10-14-6-5-12-24-14)19-20-16-9-8-15(23-2)13-17(16)25-19/h5-6,8-9,12-13H,3-4,7,10-11H2,1-2H3. The SMILES string of the molecule is CCCCC(=O)N(CCc1cccs1)c1nc2ccc(SC)cc2s1. The lowest BCUT2D eigenvalue weighted by molar-refractivity contribution is -0.118. The van der Waals surface area contributed by atoms with Crippen molar-refractivity contribution in [2.75, 3.05) is 17.7 Å². The smallest absolute Gasteiger partial charge is 0.228 e. The van der Waals surface area contributed by atoms with Crippen LogP contribution in [0.2, 0.25) is 0 Å². The number of benzene rings is 1. The number of thiazole rings is 1. The van der Waals surface area contributed by atoms with Gasteiger partial charge in [-0.3, -0.25) is 9.69 Å². The van der Waals surface area contributed by atoms with Crippen molar-refractivity contribution in [2.24, 2.45) is 0 Å². The molecule has 1 aromatic carbocycles. The monoisotopic (exact) mass is 390 g/mol. The first-order valence-corrected chi connectivity index (χ1v) is 11.4. The molecular weight excluding hydrogens is 368 g/mol. The Labute approximate surface area is 161 Å². The van der Waals surface area contributed by atoms with Crippen molar-refractivity contribution in [3.63, 3.8) is 0 Å². The molecule has 0 saturated carbocycles. The number of amides is 1. The first kappa shape index (κ1) is 18.4. The van der Waals surface area contributed by atoms with Gasteiger partial charge in [-0.1, -0.05) is 30.7 Å². The lowest BCUT2D eigenvalue weighted by Gasteiger charge is -2.19. The van der Waals surface area contributed by atoms with Gasteiger partial charge in [0.2, 0.25) is 5.91 Å². The fraction of sp³-hybridized carbons (Fsp3) is 0.368. The zero-order chi connectivity index (χ0) is 17.6. The van der Waals surface area contributed by atoms with Crippen LogP contribution < -0.4 is 4.90 Å². The fourth-order valence-corrected chi connectivity index (χ4v) is 4.86. The molecule has 0 bridgehead atoms. The molecule has 0 N–H and O–H groups in total. The molecule has 0 aliphatic heterocycles. The molecule has 0 atom stereocenters. The van der Waals surface area contributed by atoms with Crippen LogP contribution in [0.4, 0.5) is 5.13 Å². The Morgan fingerprint density at radius 3 is 2.92 bits per heavy atom. The van der Waals surface area contributed by atoms with Gasteiger partial charge in [-0.05, 0) is 48.7 Å².